The third kappa shape index (κ3) is 7.75. The van der Waals surface area contributed by atoms with Crippen molar-refractivity contribution in [3.8, 4) is 0 Å². The number of piperidine rings is 1. The molecule has 0 radical (unpaired) electrons. The zero-order valence-corrected chi connectivity index (χ0v) is 18.7. The predicted molar refractivity (Wildman–Crippen MR) is 115 cm³/mol. The van der Waals surface area contributed by atoms with E-state index in [4.69, 9.17) is 14.2 Å². The number of benzene rings is 1. The molecule has 2 rings (SSSR count). The molecule has 176 valence electrons. The molecule has 1 aromatic rings. The maximum atomic E-state index is 13.2. The fourth-order valence-corrected chi connectivity index (χ4v) is 3.32. The lowest BCUT2D eigenvalue weighted by atomic mass is 10.0. The van der Waals surface area contributed by atoms with Gasteiger partial charge in [-0.05, 0) is 38.7 Å². The van der Waals surface area contributed by atoms with E-state index in [0.29, 0.717) is 19.4 Å². The van der Waals surface area contributed by atoms with Gasteiger partial charge in [-0.15, -0.1) is 0 Å². The summed E-state index contributed by atoms with van der Waals surface area (Å²) in [6.07, 6.45) is 0.0660. The van der Waals surface area contributed by atoms with Crippen LogP contribution in [0.4, 0.5) is 9.59 Å². The molecule has 10 nitrogen and oxygen atoms in total. The van der Waals surface area contributed by atoms with E-state index in [-0.39, 0.29) is 19.3 Å². The van der Waals surface area contributed by atoms with Crippen LogP contribution in [0.15, 0.2) is 30.3 Å². The van der Waals surface area contributed by atoms with E-state index >= 15 is 0 Å². The molecule has 1 saturated heterocycles. The third-order valence-electron chi connectivity index (χ3n) is 4.86. The Morgan fingerprint density at radius 2 is 1.81 bits per heavy atom. The summed E-state index contributed by atoms with van der Waals surface area (Å²) in [5.41, 5.74) is 0.783. The molecule has 32 heavy (non-hydrogen) atoms. The highest BCUT2D eigenvalue weighted by molar-refractivity contribution is 5.90. The summed E-state index contributed by atoms with van der Waals surface area (Å²) in [5.74, 6) is -1.03. The molecule has 0 bridgehead atoms. The molecule has 3 amide bonds. The van der Waals surface area contributed by atoms with Crippen LogP contribution in [0, 0.1) is 0 Å². The van der Waals surface area contributed by atoms with Gasteiger partial charge in [0.05, 0.1) is 19.8 Å². The van der Waals surface area contributed by atoms with Crippen molar-refractivity contribution in [2.45, 2.75) is 57.9 Å². The Bertz CT molecular complexity index is 785. The van der Waals surface area contributed by atoms with Gasteiger partial charge < -0.3 is 29.7 Å². The van der Waals surface area contributed by atoms with E-state index < -0.39 is 36.1 Å². The summed E-state index contributed by atoms with van der Waals surface area (Å²) < 4.78 is 15.1. The first-order valence-electron chi connectivity index (χ1n) is 10.6. The second-order valence-corrected chi connectivity index (χ2v) is 7.66. The predicted octanol–water partition coefficient (Wildman–Crippen LogP) is 1.97. The van der Waals surface area contributed by atoms with Gasteiger partial charge in [0, 0.05) is 6.54 Å². The number of nitrogens with one attached hydrogen (secondary N) is 2. The first-order valence-corrected chi connectivity index (χ1v) is 10.6. The minimum atomic E-state index is -1.15. The lowest BCUT2D eigenvalue weighted by molar-refractivity contribution is -0.155. The molecule has 2 unspecified atom stereocenters. The van der Waals surface area contributed by atoms with Gasteiger partial charge in [0.2, 0.25) is 5.91 Å². The Morgan fingerprint density at radius 3 is 2.47 bits per heavy atom. The van der Waals surface area contributed by atoms with Crippen molar-refractivity contribution in [1.29, 1.82) is 0 Å². The number of nitrogens with zero attached hydrogens (tertiary/aromatic N) is 1. The van der Waals surface area contributed by atoms with Crippen LogP contribution in [-0.2, 0) is 30.4 Å². The topological polar surface area (TPSA) is 123 Å². The second-order valence-electron chi connectivity index (χ2n) is 7.66. The minimum absolute atomic E-state index is 0.0188. The Hall–Kier alpha value is -3.30. The quantitative estimate of drug-likeness (QED) is 0.459. The molecule has 0 aliphatic carbocycles. The molecule has 0 saturated carbocycles. The van der Waals surface area contributed by atoms with E-state index in [1.165, 1.54) is 12.0 Å². The van der Waals surface area contributed by atoms with Crippen LogP contribution in [0.25, 0.3) is 0 Å². The highest BCUT2D eigenvalue weighted by Gasteiger charge is 2.37. The van der Waals surface area contributed by atoms with Gasteiger partial charge in [-0.3, -0.25) is 4.79 Å². The lowest BCUT2D eigenvalue weighted by Gasteiger charge is -2.36. The number of hydrogen-bond donors (Lipinski definition) is 2. The molecule has 1 aromatic carbocycles. The van der Waals surface area contributed by atoms with Crippen molar-refractivity contribution in [1.82, 2.24) is 15.5 Å². The Morgan fingerprint density at radius 1 is 1.09 bits per heavy atom. The SMILES string of the molecule is COC(=O)C1CCCCN1C(=O)C(CNC(=O)OC(C)C)NC(=O)OCc1ccccc1. The molecule has 1 aliphatic heterocycles. The van der Waals surface area contributed by atoms with Crippen molar-refractivity contribution < 1.29 is 33.4 Å². The van der Waals surface area contributed by atoms with Crippen LogP contribution in [0.3, 0.4) is 0 Å². The highest BCUT2D eigenvalue weighted by Crippen LogP contribution is 2.19. The largest absolute Gasteiger partial charge is 0.467 e. The highest BCUT2D eigenvalue weighted by atomic mass is 16.6. The standard InChI is InChI=1S/C22H31N3O7/c1-15(2)32-21(28)23-13-17(24-22(29)31-14-16-9-5-4-6-10-16)19(26)25-12-8-7-11-18(25)20(27)30-3/h4-6,9-10,15,17-18H,7-8,11-14H2,1-3H3,(H,23,28)(H,24,29). The summed E-state index contributed by atoms with van der Waals surface area (Å²) in [6.45, 7) is 3.51. The Balaban J connectivity index is 2.07. The third-order valence-corrected chi connectivity index (χ3v) is 4.86. The second kappa shape index (κ2) is 12.5. The summed E-state index contributed by atoms with van der Waals surface area (Å²) in [4.78, 5) is 51.0. The molecule has 2 N–H and O–H groups in total. The van der Waals surface area contributed by atoms with E-state index in [9.17, 15) is 19.2 Å². The summed E-state index contributed by atoms with van der Waals surface area (Å²) in [6, 6.07) is 7.18. The van der Waals surface area contributed by atoms with Crippen LogP contribution >= 0.6 is 0 Å². The van der Waals surface area contributed by atoms with Crippen LogP contribution < -0.4 is 10.6 Å². The molecule has 2 atom stereocenters. The smallest absolute Gasteiger partial charge is 0.408 e. The molecule has 1 heterocycles. The van der Waals surface area contributed by atoms with Crippen molar-refractivity contribution in [2.24, 2.45) is 0 Å². The number of carbonyl (C=O) groups excluding carboxylic acids is 4. The van der Waals surface area contributed by atoms with Gasteiger partial charge in [0.15, 0.2) is 0 Å². The number of hydrogen-bond acceptors (Lipinski definition) is 7. The molecule has 0 spiro atoms. The average Bonchev–Trinajstić information content (AvgIpc) is 2.79. The number of ether oxygens (including phenoxy) is 3. The van der Waals surface area contributed by atoms with Gasteiger partial charge in [-0.25, -0.2) is 14.4 Å². The van der Waals surface area contributed by atoms with E-state index in [1.54, 1.807) is 26.0 Å². The van der Waals surface area contributed by atoms with Crippen LogP contribution in [0.1, 0.15) is 38.7 Å². The van der Waals surface area contributed by atoms with Crippen molar-refractivity contribution >= 4 is 24.1 Å². The normalized spacial score (nSPS) is 16.6. The fraction of sp³-hybridized carbons (Fsp3) is 0.545. The maximum Gasteiger partial charge on any atom is 0.408 e. The van der Waals surface area contributed by atoms with Crippen LogP contribution in [-0.4, -0.2) is 67.3 Å². The molecule has 10 heteroatoms. The van der Waals surface area contributed by atoms with Gasteiger partial charge in [0.25, 0.3) is 0 Å². The summed E-state index contributed by atoms with van der Waals surface area (Å²) in [7, 11) is 1.26. The zero-order chi connectivity index (χ0) is 23.5. The molecular weight excluding hydrogens is 418 g/mol. The van der Waals surface area contributed by atoms with Gasteiger partial charge in [0.1, 0.15) is 18.7 Å². The average molecular weight is 450 g/mol. The van der Waals surface area contributed by atoms with Crippen molar-refractivity contribution in [3.63, 3.8) is 0 Å². The van der Waals surface area contributed by atoms with Gasteiger partial charge >= 0.3 is 18.2 Å². The lowest BCUT2D eigenvalue weighted by Crippen LogP contribution is -2.58. The Kier molecular flexibility index (Phi) is 9.77. The van der Waals surface area contributed by atoms with Crippen LogP contribution in [0.5, 0.6) is 0 Å². The Labute approximate surface area is 187 Å². The maximum absolute atomic E-state index is 13.2. The molecular formula is C22H31N3O7. The first kappa shape index (κ1) is 25.0. The van der Waals surface area contributed by atoms with Crippen molar-refractivity contribution in [2.75, 3.05) is 20.2 Å². The van der Waals surface area contributed by atoms with E-state index in [1.807, 2.05) is 18.2 Å². The number of rotatable bonds is 8. The van der Waals surface area contributed by atoms with Crippen molar-refractivity contribution in [3.05, 3.63) is 35.9 Å². The molecule has 1 fully saturated rings. The zero-order valence-electron chi connectivity index (χ0n) is 18.7. The van der Waals surface area contributed by atoms with E-state index in [0.717, 1.165) is 12.0 Å². The van der Waals surface area contributed by atoms with E-state index in [2.05, 4.69) is 10.6 Å². The van der Waals surface area contributed by atoms with Crippen LogP contribution in [0.2, 0.25) is 0 Å². The molecule has 0 aromatic heterocycles. The number of methoxy groups -OCH3 is 1. The number of alkyl carbamates (subject to hydrolysis) is 2. The number of likely N-dealkylation sites (tertiary alicyclic amines) is 1. The summed E-state index contributed by atoms with van der Waals surface area (Å²) in [5, 5.41) is 4.97. The van der Waals surface area contributed by atoms with Gasteiger partial charge in [-0.2, -0.15) is 0 Å². The number of amides is 3. The molecule has 1 aliphatic rings. The number of esters is 1. The first-order chi connectivity index (χ1) is 15.3. The summed E-state index contributed by atoms with van der Waals surface area (Å²) >= 11 is 0. The fourth-order valence-electron chi connectivity index (χ4n) is 3.32. The number of carbonyl (C=O) groups is 4. The van der Waals surface area contributed by atoms with Gasteiger partial charge in [-0.1, -0.05) is 30.3 Å². The monoisotopic (exact) mass is 449 g/mol. The minimum Gasteiger partial charge on any atom is -0.467 e.